The van der Waals surface area contributed by atoms with Crippen LogP contribution in [-0.2, 0) is 0 Å². The summed E-state index contributed by atoms with van der Waals surface area (Å²) in [6.07, 6.45) is 1.44. The molecule has 0 aliphatic carbocycles. The van der Waals surface area contributed by atoms with Gasteiger partial charge in [-0.3, -0.25) is 4.79 Å². The summed E-state index contributed by atoms with van der Waals surface area (Å²) in [6, 6.07) is 12.3. The van der Waals surface area contributed by atoms with Gasteiger partial charge in [0.25, 0.3) is 10.6 Å². The number of pyridine rings is 1. The van der Waals surface area contributed by atoms with Crippen LogP contribution in [0.2, 0.25) is 5.02 Å². The number of benzene rings is 1. The second-order valence-electron chi connectivity index (χ2n) is 4.55. The first-order valence-electron chi connectivity index (χ1n) is 6.41. The summed E-state index contributed by atoms with van der Waals surface area (Å²) in [6.45, 7) is 1.77. The normalized spacial score (nSPS) is 10.8. The second kappa shape index (κ2) is 6.16. The molecule has 0 spiro atoms. The van der Waals surface area contributed by atoms with Gasteiger partial charge in [0.2, 0.25) is 0 Å². The number of hydrogen-bond donors (Lipinski definition) is 0. The molecule has 0 aliphatic rings. The standard InChI is InChI=1S/C15H11ClN2O2S2/c1-10-14(19)18(12-7-5-11(16)6-8-12)22-15(10)21-13-4-2-3-9-17(13)20/h2-9H,1H3. The quantitative estimate of drug-likeness (QED) is 0.535. The number of hydrogen-bond acceptors (Lipinski definition) is 4. The molecule has 0 saturated heterocycles. The summed E-state index contributed by atoms with van der Waals surface area (Å²) in [4.78, 5) is 12.4. The van der Waals surface area contributed by atoms with Gasteiger partial charge in [0.15, 0.2) is 6.20 Å². The zero-order valence-corrected chi connectivity index (χ0v) is 13.9. The molecule has 0 aliphatic heterocycles. The smallest absolute Gasteiger partial charge is 0.269 e. The van der Waals surface area contributed by atoms with Crippen LogP contribution in [0.25, 0.3) is 5.69 Å². The van der Waals surface area contributed by atoms with E-state index < -0.39 is 0 Å². The lowest BCUT2D eigenvalue weighted by molar-refractivity contribution is -0.645. The van der Waals surface area contributed by atoms with E-state index in [9.17, 15) is 10.0 Å². The van der Waals surface area contributed by atoms with Crippen LogP contribution >= 0.6 is 34.9 Å². The van der Waals surface area contributed by atoms with Crippen LogP contribution in [0.4, 0.5) is 0 Å². The van der Waals surface area contributed by atoms with Gasteiger partial charge in [0, 0.05) is 22.7 Å². The number of nitrogens with zero attached hydrogens (tertiary/aromatic N) is 2. The van der Waals surface area contributed by atoms with E-state index in [2.05, 4.69) is 0 Å². The SMILES string of the molecule is Cc1c(Sc2cccc[n+]2[O-])sn(-c2ccc(Cl)cc2)c1=O. The predicted octanol–water partition coefficient (Wildman–Crippen LogP) is 3.65. The largest absolute Gasteiger partial charge is 0.618 e. The fourth-order valence-corrected chi connectivity index (χ4v) is 4.18. The molecule has 112 valence electrons. The molecule has 0 N–H and O–H groups in total. The molecule has 22 heavy (non-hydrogen) atoms. The van der Waals surface area contributed by atoms with Crippen LogP contribution in [0, 0.1) is 12.1 Å². The maximum absolute atomic E-state index is 12.4. The Bertz CT molecular complexity index is 872. The lowest BCUT2D eigenvalue weighted by Crippen LogP contribution is -2.27. The van der Waals surface area contributed by atoms with Gasteiger partial charge < -0.3 is 5.21 Å². The van der Waals surface area contributed by atoms with E-state index in [0.717, 1.165) is 14.6 Å². The first-order chi connectivity index (χ1) is 10.6. The van der Waals surface area contributed by atoms with Gasteiger partial charge in [-0.25, -0.2) is 3.96 Å². The third-order valence-electron chi connectivity index (χ3n) is 3.03. The Morgan fingerprint density at radius 2 is 1.95 bits per heavy atom. The van der Waals surface area contributed by atoms with E-state index >= 15 is 0 Å². The summed E-state index contributed by atoms with van der Waals surface area (Å²) in [5.41, 5.74) is 1.31. The molecule has 3 rings (SSSR count). The predicted molar refractivity (Wildman–Crippen MR) is 89.2 cm³/mol. The maximum Gasteiger partial charge on any atom is 0.269 e. The lowest BCUT2D eigenvalue weighted by atomic mass is 10.3. The summed E-state index contributed by atoms with van der Waals surface area (Å²) >= 11 is 8.49. The molecule has 0 bridgehead atoms. The Balaban J connectivity index is 2.01. The van der Waals surface area contributed by atoms with Gasteiger partial charge in [-0.15, -0.1) is 0 Å². The van der Waals surface area contributed by atoms with E-state index in [1.807, 2.05) is 0 Å². The van der Waals surface area contributed by atoms with E-state index in [0.29, 0.717) is 15.6 Å². The van der Waals surface area contributed by atoms with Crippen molar-refractivity contribution in [1.82, 2.24) is 3.96 Å². The first kappa shape index (κ1) is 15.1. The van der Waals surface area contributed by atoms with E-state index in [-0.39, 0.29) is 5.56 Å². The third-order valence-corrected chi connectivity index (χ3v) is 5.81. The Morgan fingerprint density at radius 1 is 1.23 bits per heavy atom. The lowest BCUT2D eigenvalue weighted by Gasteiger charge is -2.01. The summed E-state index contributed by atoms with van der Waals surface area (Å²) in [7, 11) is 0. The summed E-state index contributed by atoms with van der Waals surface area (Å²) in [5.74, 6) is 0. The molecule has 0 amide bonds. The highest BCUT2D eigenvalue weighted by atomic mass is 35.5. The highest BCUT2D eigenvalue weighted by Crippen LogP contribution is 2.31. The van der Waals surface area contributed by atoms with Gasteiger partial charge in [-0.05, 0) is 60.5 Å². The van der Waals surface area contributed by atoms with Gasteiger partial charge in [-0.2, -0.15) is 4.73 Å². The van der Waals surface area contributed by atoms with Crippen molar-refractivity contribution in [3.63, 3.8) is 0 Å². The fraction of sp³-hybridized carbons (Fsp3) is 0.0667. The van der Waals surface area contributed by atoms with Crippen LogP contribution in [0.15, 0.2) is 62.7 Å². The minimum Gasteiger partial charge on any atom is -0.618 e. The van der Waals surface area contributed by atoms with Crippen molar-refractivity contribution >= 4 is 34.9 Å². The Labute approximate surface area is 140 Å². The van der Waals surface area contributed by atoms with Gasteiger partial charge in [0.05, 0.1) is 9.90 Å². The minimum atomic E-state index is -0.0804. The van der Waals surface area contributed by atoms with Crippen LogP contribution in [0.3, 0.4) is 0 Å². The summed E-state index contributed by atoms with van der Waals surface area (Å²) in [5, 5.41) is 12.9. The Kier molecular flexibility index (Phi) is 4.24. The molecule has 0 fully saturated rings. The number of halogens is 1. The number of rotatable bonds is 3. The molecule has 4 nitrogen and oxygen atoms in total. The van der Waals surface area contributed by atoms with Crippen molar-refractivity contribution in [2.45, 2.75) is 16.2 Å². The zero-order chi connectivity index (χ0) is 15.7. The van der Waals surface area contributed by atoms with Crippen molar-refractivity contribution < 1.29 is 4.73 Å². The van der Waals surface area contributed by atoms with E-state index in [4.69, 9.17) is 11.6 Å². The highest BCUT2D eigenvalue weighted by Gasteiger charge is 2.17. The van der Waals surface area contributed by atoms with Crippen LogP contribution in [-0.4, -0.2) is 3.96 Å². The molecule has 3 aromatic rings. The van der Waals surface area contributed by atoms with Crippen molar-refractivity contribution in [2.24, 2.45) is 0 Å². The molecule has 0 atom stereocenters. The molecule has 1 aromatic carbocycles. The van der Waals surface area contributed by atoms with Crippen molar-refractivity contribution in [1.29, 1.82) is 0 Å². The highest BCUT2D eigenvalue weighted by molar-refractivity contribution is 8.01. The molecule has 0 unspecified atom stereocenters. The Morgan fingerprint density at radius 3 is 2.64 bits per heavy atom. The average Bonchev–Trinajstić information content (AvgIpc) is 2.79. The fourth-order valence-electron chi connectivity index (χ4n) is 1.86. The van der Waals surface area contributed by atoms with Gasteiger partial charge in [0.1, 0.15) is 0 Å². The van der Waals surface area contributed by atoms with Gasteiger partial charge in [-0.1, -0.05) is 11.6 Å². The minimum absolute atomic E-state index is 0.0804. The molecule has 2 heterocycles. The number of aromatic nitrogens is 2. The monoisotopic (exact) mass is 350 g/mol. The molecular weight excluding hydrogens is 340 g/mol. The summed E-state index contributed by atoms with van der Waals surface area (Å²) < 4.78 is 3.20. The molecule has 7 heteroatoms. The Hall–Kier alpha value is -1.76. The van der Waals surface area contributed by atoms with Gasteiger partial charge >= 0.3 is 0 Å². The van der Waals surface area contributed by atoms with Crippen molar-refractivity contribution in [3.8, 4) is 5.69 Å². The first-order valence-corrected chi connectivity index (χ1v) is 8.38. The van der Waals surface area contributed by atoms with Crippen LogP contribution in [0.1, 0.15) is 5.56 Å². The van der Waals surface area contributed by atoms with Crippen LogP contribution in [0.5, 0.6) is 0 Å². The molecular formula is C15H11ClN2O2S2. The van der Waals surface area contributed by atoms with Crippen molar-refractivity contribution in [2.75, 3.05) is 0 Å². The molecule has 2 aromatic heterocycles. The molecule has 0 radical (unpaired) electrons. The second-order valence-corrected chi connectivity index (χ2v) is 7.23. The van der Waals surface area contributed by atoms with Crippen molar-refractivity contribution in [3.05, 3.63) is 74.8 Å². The molecule has 0 saturated carbocycles. The topological polar surface area (TPSA) is 48.9 Å². The van der Waals surface area contributed by atoms with E-state index in [1.165, 1.54) is 29.5 Å². The average molecular weight is 351 g/mol. The van der Waals surface area contributed by atoms with E-state index in [1.54, 1.807) is 53.3 Å². The maximum atomic E-state index is 12.4. The third kappa shape index (κ3) is 2.90. The zero-order valence-electron chi connectivity index (χ0n) is 11.5. The van der Waals surface area contributed by atoms with Crippen LogP contribution < -0.4 is 10.3 Å².